The molecule has 36 heavy (non-hydrogen) atoms. The number of nitrogens with zero attached hydrogens (tertiary/aromatic N) is 2. The average molecular weight is 590 g/mol. The number of amides is 2. The zero-order valence-corrected chi connectivity index (χ0v) is 23.1. The van der Waals surface area contributed by atoms with Gasteiger partial charge < -0.3 is 14.5 Å². The van der Waals surface area contributed by atoms with Crippen molar-refractivity contribution in [2.75, 3.05) is 20.1 Å². The molecule has 0 radical (unpaired) electrons. The molecule has 3 rings (SSSR count). The maximum absolute atomic E-state index is 13.4. The molecular formula is C26H29BrClF3N2O3. The summed E-state index contributed by atoms with van der Waals surface area (Å²) in [4.78, 5) is 29.3. The molecule has 0 spiro atoms. The number of likely N-dealkylation sites (tertiary alicyclic amines) is 1. The van der Waals surface area contributed by atoms with Gasteiger partial charge in [-0.15, -0.1) is 0 Å². The Bertz CT molecular complexity index is 1150. The van der Waals surface area contributed by atoms with E-state index in [2.05, 4.69) is 15.9 Å². The lowest BCUT2D eigenvalue weighted by atomic mass is 9.84. The Morgan fingerprint density at radius 1 is 1.14 bits per heavy atom. The normalized spacial score (nSPS) is 18.7. The van der Waals surface area contributed by atoms with Gasteiger partial charge in [0.05, 0.1) is 5.56 Å². The van der Waals surface area contributed by atoms with Crippen LogP contribution in [0.2, 0.25) is 5.02 Å². The largest absolute Gasteiger partial charge is 0.444 e. The number of halogens is 5. The lowest BCUT2D eigenvalue weighted by Gasteiger charge is -2.43. The molecule has 0 unspecified atom stereocenters. The molecule has 1 aliphatic rings. The molecular weight excluding hydrogens is 561 g/mol. The van der Waals surface area contributed by atoms with Crippen LogP contribution in [0.25, 0.3) is 0 Å². The lowest BCUT2D eigenvalue weighted by Crippen LogP contribution is -2.52. The average Bonchev–Trinajstić information content (AvgIpc) is 2.77. The van der Waals surface area contributed by atoms with E-state index in [1.165, 1.54) is 11.0 Å². The Balaban J connectivity index is 1.95. The van der Waals surface area contributed by atoms with Crippen molar-refractivity contribution in [2.24, 2.45) is 0 Å². The van der Waals surface area contributed by atoms with E-state index in [0.717, 1.165) is 23.3 Å². The molecule has 2 amide bonds. The van der Waals surface area contributed by atoms with Crippen LogP contribution in [0.4, 0.5) is 18.0 Å². The van der Waals surface area contributed by atoms with Crippen molar-refractivity contribution in [3.63, 3.8) is 0 Å². The number of piperidine rings is 1. The van der Waals surface area contributed by atoms with Crippen LogP contribution in [0.5, 0.6) is 0 Å². The fourth-order valence-corrected chi connectivity index (χ4v) is 4.96. The first-order chi connectivity index (χ1) is 16.6. The van der Waals surface area contributed by atoms with Crippen LogP contribution in [0.1, 0.15) is 60.2 Å². The smallest absolute Gasteiger partial charge is 0.416 e. The Morgan fingerprint density at radius 2 is 1.81 bits per heavy atom. The molecule has 2 aromatic rings. The Kier molecular flexibility index (Phi) is 8.35. The Morgan fingerprint density at radius 3 is 2.39 bits per heavy atom. The van der Waals surface area contributed by atoms with Gasteiger partial charge >= 0.3 is 12.3 Å². The highest BCUT2D eigenvalue weighted by Gasteiger charge is 2.39. The predicted octanol–water partition coefficient (Wildman–Crippen LogP) is 7.29. The van der Waals surface area contributed by atoms with Crippen molar-refractivity contribution >= 4 is 39.5 Å². The highest BCUT2D eigenvalue weighted by atomic mass is 79.9. The summed E-state index contributed by atoms with van der Waals surface area (Å²) in [6.45, 7) is 7.85. The van der Waals surface area contributed by atoms with Crippen molar-refractivity contribution in [2.45, 2.75) is 57.9 Å². The van der Waals surface area contributed by atoms with E-state index in [9.17, 15) is 22.8 Å². The zero-order valence-electron chi connectivity index (χ0n) is 20.7. The van der Waals surface area contributed by atoms with Gasteiger partial charge in [-0.2, -0.15) is 13.2 Å². The number of carbonyl (C=O) groups is 2. The van der Waals surface area contributed by atoms with Gasteiger partial charge in [0, 0.05) is 47.2 Å². The number of ether oxygens (including phenoxy) is 1. The SMILES string of the molecule is Cc1cc([C@@H]2CN(C(=O)OC(C)(C)C)CC[C@H]2N(C)C(=O)c2cc(Br)cc(C(F)(F)F)c2)ccc1Cl. The molecule has 1 aliphatic heterocycles. The van der Waals surface area contributed by atoms with Crippen molar-refractivity contribution in [3.8, 4) is 0 Å². The van der Waals surface area contributed by atoms with E-state index in [1.807, 2.05) is 19.1 Å². The number of hydrogen-bond acceptors (Lipinski definition) is 3. The van der Waals surface area contributed by atoms with Gasteiger partial charge in [-0.1, -0.05) is 39.7 Å². The summed E-state index contributed by atoms with van der Waals surface area (Å²) >= 11 is 9.31. The van der Waals surface area contributed by atoms with E-state index >= 15 is 0 Å². The van der Waals surface area contributed by atoms with Gasteiger partial charge in [0.25, 0.3) is 5.91 Å². The summed E-state index contributed by atoms with van der Waals surface area (Å²) in [7, 11) is 1.58. The summed E-state index contributed by atoms with van der Waals surface area (Å²) in [5, 5.41) is 0.591. The molecule has 5 nitrogen and oxygen atoms in total. The van der Waals surface area contributed by atoms with Crippen LogP contribution >= 0.6 is 27.5 Å². The minimum absolute atomic E-state index is 0.0696. The third-order valence-electron chi connectivity index (χ3n) is 6.13. The fraction of sp³-hybridized carbons (Fsp3) is 0.462. The molecule has 10 heteroatoms. The Labute approximate surface area is 222 Å². The first-order valence-corrected chi connectivity index (χ1v) is 12.6. The molecule has 0 saturated carbocycles. The molecule has 0 aliphatic carbocycles. The van der Waals surface area contributed by atoms with Crippen LogP contribution in [0.3, 0.4) is 0 Å². The molecule has 1 saturated heterocycles. The van der Waals surface area contributed by atoms with Crippen LogP contribution in [0.15, 0.2) is 40.9 Å². The topological polar surface area (TPSA) is 49.9 Å². The molecule has 0 aromatic heterocycles. The molecule has 196 valence electrons. The Hall–Kier alpha value is -2.26. The third kappa shape index (κ3) is 6.73. The van der Waals surface area contributed by atoms with Crippen LogP contribution < -0.4 is 0 Å². The number of alkyl halides is 3. The zero-order chi connectivity index (χ0) is 27.0. The molecule has 0 N–H and O–H groups in total. The van der Waals surface area contributed by atoms with Gasteiger partial charge in [-0.25, -0.2) is 4.79 Å². The van der Waals surface area contributed by atoms with Crippen molar-refractivity contribution < 1.29 is 27.5 Å². The quantitative estimate of drug-likeness (QED) is 0.378. The van der Waals surface area contributed by atoms with E-state index in [4.69, 9.17) is 16.3 Å². The van der Waals surface area contributed by atoms with Gasteiger partial charge in [-0.05, 0) is 69.5 Å². The highest BCUT2D eigenvalue weighted by Crippen LogP contribution is 2.35. The number of hydrogen-bond donors (Lipinski definition) is 0. The molecule has 1 fully saturated rings. The van der Waals surface area contributed by atoms with E-state index in [-0.39, 0.29) is 28.5 Å². The second-order valence-corrected chi connectivity index (χ2v) is 11.4. The molecule has 0 bridgehead atoms. The number of benzene rings is 2. The third-order valence-corrected chi connectivity index (χ3v) is 7.01. The van der Waals surface area contributed by atoms with Gasteiger partial charge in [0.1, 0.15) is 5.60 Å². The minimum atomic E-state index is -4.58. The number of rotatable bonds is 3. The summed E-state index contributed by atoms with van der Waals surface area (Å²) in [6, 6.07) is 8.34. The molecule has 1 heterocycles. The van der Waals surface area contributed by atoms with Crippen LogP contribution in [-0.4, -0.2) is 53.6 Å². The van der Waals surface area contributed by atoms with E-state index in [0.29, 0.717) is 18.0 Å². The maximum Gasteiger partial charge on any atom is 0.416 e. The summed E-state index contributed by atoms with van der Waals surface area (Å²) in [5.41, 5.74) is 0.0837. The molecule has 2 aromatic carbocycles. The van der Waals surface area contributed by atoms with E-state index in [1.54, 1.807) is 38.8 Å². The second-order valence-electron chi connectivity index (χ2n) is 10.0. The summed E-state index contributed by atoms with van der Waals surface area (Å²) < 4.78 is 45.8. The van der Waals surface area contributed by atoms with Crippen molar-refractivity contribution in [1.29, 1.82) is 0 Å². The van der Waals surface area contributed by atoms with E-state index < -0.39 is 29.3 Å². The summed E-state index contributed by atoms with van der Waals surface area (Å²) in [5.74, 6) is -0.835. The lowest BCUT2D eigenvalue weighted by molar-refractivity contribution is -0.137. The predicted molar refractivity (Wildman–Crippen MR) is 136 cm³/mol. The van der Waals surface area contributed by atoms with Crippen LogP contribution in [0, 0.1) is 6.92 Å². The van der Waals surface area contributed by atoms with Crippen LogP contribution in [-0.2, 0) is 10.9 Å². The minimum Gasteiger partial charge on any atom is -0.444 e. The standard InChI is InChI=1S/C26H29BrClF3N2O3/c1-15-10-16(6-7-21(15)28)20-14-33(24(35)36-25(2,3)4)9-8-22(20)32(5)23(34)17-11-18(26(29,30)31)13-19(27)12-17/h6-7,10-13,20,22H,8-9,14H2,1-5H3/t20-,22+/m0/s1. The first-order valence-electron chi connectivity index (χ1n) is 11.5. The highest BCUT2D eigenvalue weighted by molar-refractivity contribution is 9.10. The fourth-order valence-electron chi connectivity index (χ4n) is 4.35. The monoisotopic (exact) mass is 588 g/mol. The number of likely N-dealkylation sites (N-methyl/N-ethyl adjacent to an activating group) is 1. The number of aryl methyl sites for hydroxylation is 1. The van der Waals surface area contributed by atoms with Gasteiger partial charge in [0.15, 0.2) is 0 Å². The van der Waals surface area contributed by atoms with Gasteiger partial charge in [0.2, 0.25) is 0 Å². The van der Waals surface area contributed by atoms with Crippen molar-refractivity contribution in [1.82, 2.24) is 9.80 Å². The van der Waals surface area contributed by atoms with Gasteiger partial charge in [-0.3, -0.25) is 4.79 Å². The number of carbonyl (C=O) groups excluding carboxylic acids is 2. The molecule has 2 atom stereocenters. The summed E-state index contributed by atoms with van der Waals surface area (Å²) in [6.07, 6.45) is -4.61. The first kappa shape index (κ1) is 28.3. The van der Waals surface area contributed by atoms with Crippen molar-refractivity contribution in [3.05, 3.63) is 68.1 Å². The second kappa shape index (κ2) is 10.6. The maximum atomic E-state index is 13.4.